The third kappa shape index (κ3) is 4.18. The summed E-state index contributed by atoms with van der Waals surface area (Å²) >= 11 is 0. The predicted octanol–water partition coefficient (Wildman–Crippen LogP) is 0.128. The Kier molecular flexibility index (Phi) is 6.36. The van der Waals surface area contributed by atoms with Crippen LogP contribution in [0.1, 0.15) is 12.8 Å². The van der Waals surface area contributed by atoms with Crippen molar-refractivity contribution in [2.24, 2.45) is 5.14 Å². The van der Waals surface area contributed by atoms with E-state index in [1.54, 1.807) is 7.05 Å². The van der Waals surface area contributed by atoms with Crippen molar-refractivity contribution in [2.45, 2.75) is 28.7 Å². The first kappa shape index (κ1) is 19.3. The Morgan fingerprint density at radius 1 is 1.23 bits per heavy atom. The molecule has 2 rings (SSSR count). The van der Waals surface area contributed by atoms with Crippen LogP contribution < -0.4 is 10.5 Å². The number of primary sulfonamides is 1. The molecule has 0 spiro atoms. The van der Waals surface area contributed by atoms with Gasteiger partial charge in [-0.1, -0.05) is 6.07 Å². The summed E-state index contributed by atoms with van der Waals surface area (Å²) in [6.07, 6.45) is 1.68. The summed E-state index contributed by atoms with van der Waals surface area (Å²) < 4.78 is 49.2. The number of sulfonamides is 2. The molecule has 0 aromatic heterocycles. The van der Waals surface area contributed by atoms with Crippen LogP contribution >= 0.6 is 12.4 Å². The molecule has 1 fully saturated rings. The van der Waals surface area contributed by atoms with Crippen LogP contribution in [0.3, 0.4) is 0 Å². The lowest BCUT2D eigenvalue weighted by atomic mass is 10.1. The summed E-state index contributed by atoms with van der Waals surface area (Å²) in [5.74, 6) is 0. The van der Waals surface area contributed by atoms with Crippen LogP contribution in [0.4, 0.5) is 0 Å². The molecule has 1 aromatic carbocycles. The van der Waals surface area contributed by atoms with Gasteiger partial charge in [0.1, 0.15) is 0 Å². The second-order valence-corrected chi connectivity index (χ2v) is 8.51. The zero-order chi connectivity index (χ0) is 15.7. The Labute approximate surface area is 137 Å². The Balaban J connectivity index is 0.00000242. The summed E-state index contributed by atoms with van der Waals surface area (Å²) in [5, 5.41) is 8.12. The number of rotatable bonds is 4. The van der Waals surface area contributed by atoms with Crippen molar-refractivity contribution in [1.82, 2.24) is 9.62 Å². The van der Waals surface area contributed by atoms with Crippen LogP contribution in [0, 0.1) is 0 Å². The summed E-state index contributed by atoms with van der Waals surface area (Å²) in [4.78, 5) is -0.253. The molecular weight excluding hydrogens is 350 g/mol. The number of hydrogen-bond acceptors (Lipinski definition) is 5. The number of benzene rings is 1. The van der Waals surface area contributed by atoms with Gasteiger partial charge in [-0.3, -0.25) is 0 Å². The number of halogens is 1. The van der Waals surface area contributed by atoms with Crippen LogP contribution in [0.5, 0.6) is 0 Å². The smallest absolute Gasteiger partial charge is 0.243 e. The van der Waals surface area contributed by atoms with E-state index in [2.05, 4.69) is 5.32 Å². The molecule has 0 aliphatic carbocycles. The van der Waals surface area contributed by atoms with Gasteiger partial charge >= 0.3 is 0 Å². The molecule has 1 heterocycles. The molecule has 0 saturated carbocycles. The van der Waals surface area contributed by atoms with E-state index < -0.39 is 20.0 Å². The maximum Gasteiger partial charge on any atom is 0.243 e. The van der Waals surface area contributed by atoms with Crippen molar-refractivity contribution in [3.05, 3.63) is 24.3 Å². The SMILES string of the molecule is CNC1CCCN(S(=O)(=O)c2cccc(S(N)(=O)=O)c2)C1.Cl. The lowest BCUT2D eigenvalue weighted by Gasteiger charge is -2.31. The predicted molar refractivity (Wildman–Crippen MR) is 85.9 cm³/mol. The fourth-order valence-electron chi connectivity index (χ4n) is 2.36. The van der Waals surface area contributed by atoms with Gasteiger partial charge < -0.3 is 5.32 Å². The van der Waals surface area contributed by atoms with Gasteiger partial charge in [-0.15, -0.1) is 12.4 Å². The van der Waals surface area contributed by atoms with Gasteiger partial charge in [-0.2, -0.15) is 4.31 Å². The summed E-state index contributed by atoms with van der Waals surface area (Å²) in [6.45, 7) is 0.804. The molecule has 0 radical (unpaired) electrons. The van der Waals surface area contributed by atoms with Gasteiger partial charge in [0.25, 0.3) is 0 Å². The molecule has 126 valence electrons. The molecule has 22 heavy (non-hydrogen) atoms. The Hall–Kier alpha value is -0.710. The molecule has 1 saturated heterocycles. The molecule has 1 atom stereocenters. The minimum Gasteiger partial charge on any atom is -0.316 e. The number of likely N-dealkylation sites (N-methyl/N-ethyl adjacent to an activating group) is 1. The summed E-state index contributed by atoms with van der Waals surface area (Å²) in [6, 6.07) is 5.25. The fraction of sp³-hybridized carbons (Fsp3) is 0.500. The van der Waals surface area contributed by atoms with Gasteiger partial charge in [0.15, 0.2) is 0 Å². The third-order valence-corrected chi connectivity index (χ3v) is 6.34. The zero-order valence-electron chi connectivity index (χ0n) is 12.1. The van der Waals surface area contributed by atoms with Crippen molar-refractivity contribution in [2.75, 3.05) is 20.1 Å². The highest BCUT2D eigenvalue weighted by Crippen LogP contribution is 2.22. The molecule has 1 aromatic rings. The van der Waals surface area contributed by atoms with Crippen molar-refractivity contribution in [1.29, 1.82) is 0 Å². The number of nitrogens with two attached hydrogens (primary N) is 1. The van der Waals surface area contributed by atoms with Crippen LogP contribution in [0.15, 0.2) is 34.1 Å². The van der Waals surface area contributed by atoms with Crippen LogP contribution in [0.25, 0.3) is 0 Å². The summed E-state index contributed by atoms with van der Waals surface area (Å²) in [5.41, 5.74) is 0. The van der Waals surface area contributed by atoms with Crippen LogP contribution in [0.2, 0.25) is 0 Å². The molecule has 1 unspecified atom stereocenters. The highest BCUT2D eigenvalue weighted by Gasteiger charge is 2.30. The van der Waals surface area contributed by atoms with E-state index in [1.807, 2.05) is 0 Å². The van der Waals surface area contributed by atoms with E-state index in [9.17, 15) is 16.8 Å². The maximum absolute atomic E-state index is 12.6. The third-order valence-electron chi connectivity index (χ3n) is 3.56. The first-order chi connectivity index (χ1) is 9.75. The molecule has 10 heteroatoms. The Bertz CT molecular complexity index is 722. The number of hydrogen-bond donors (Lipinski definition) is 2. The largest absolute Gasteiger partial charge is 0.316 e. The normalized spacial score (nSPS) is 20.4. The van der Waals surface area contributed by atoms with E-state index in [0.717, 1.165) is 18.9 Å². The van der Waals surface area contributed by atoms with Gasteiger partial charge in [0.2, 0.25) is 20.0 Å². The maximum atomic E-state index is 12.6. The Morgan fingerprint density at radius 2 is 1.86 bits per heavy atom. The van der Waals surface area contributed by atoms with Crippen molar-refractivity contribution < 1.29 is 16.8 Å². The van der Waals surface area contributed by atoms with Crippen molar-refractivity contribution >= 4 is 32.5 Å². The van der Waals surface area contributed by atoms with E-state index in [0.29, 0.717) is 13.1 Å². The topological polar surface area (TPSA) is 110 Å². The second-order valence-electron chi connectivity index (χ2n) is 5.01. The van der Waals surface area contributed by atoms with Crippen molar-refractivity contribution in [3.63, 3.8) is 0 Å². The van der Waals surface area contributed by atoms with E-state index in [4.69, 9.17) is 5.14 Å². The number of nitrogens with zero attached hydrogens (tertiary/aromatic N) is 1. The lowest BCUT2D eigenvalue weighted by molar-refractivity contribution is 0.293. The monoisotopic (exact) mass is 369 g/mol. The fourth-order valence-corrected chi connectivity index (χ4v) is 4.56. The van der Waals surface area contributed by atoms with E-state index >= 15 is 0 Å². The van der Waals surface area contributed by atoms with Gasteiger partial charge in [0.05, 0.1) is 9.79 Å². The number of piperidine rings is 1. The molecule has 0 bridgehead atoms. The van der Waals surface area contributed by atoms with E-state index in [-0.39, 0.29) is 28.2 Å². The average molecular weight is 370 g/mol. The molecule has 7 nitrogen and oxygen atoms in total. The van der Waals surface area contributed by atoms with Crippen LogP contribution in [-0.2, 0) is 20.0 Å². The van der Waals surface area contributed by atoms with Gasteiger partial charge in [0, 0.05) is 19.1 Å². The quantitative estimate of drug-likeness (QED) is 0.783. The second kappa shape index (κ2) is 7.24. The van der Waals surface area contributed by atoms with Gasteiger partial charge in [-0.05, 0) is 38.1 Å². The molecule has 1 aliphatic rings. The highest BCUT2D eigenvalue weighted by molar-refractivity contribution is 7.90. The zero-order valence-corrected chi connectivity index (χ0v) is 14.5. The summed E-state index contributed by atoms with van der Waals surface area (Å²) in [7, 11) is -5.85. The first-order valence-corrected chi connectivity index (χ1v) is 9.54. The lowest BCUT2D eigenvalue weighted by Crippen LogP contribution is -2.46. The van der Waals surface area contributed by atoms with Crippen molar-refractivity contribution in [3.8, 4) is 0 Å². The minimum atomic E-state index is -3.93. The van der Waals surface area contributed by atoms with Gasteiger partial charge in [-0.25, -0.2) is 22.0 Å². The molecule has 0 amide bonds. The van der Waals surface area contributed by atoms with E-state index in [1.165, 1.54) is 22.5 Å². The highest BCUT2D eigenvalue weighted by atomic mass is 35.5. The molecule has 1 aliphatic heterocycles. The standard InChI is InChI=1S/C12H19N3O4S2.ClH/c1-14-10-4-3-7-15(9-10)21(18,19)12-6-2-5-11(8-12)20(13,16)17;/h2,5-6,8,10,14H,3-4,7,9H2,1H3,(H2,13,16,17);1H. The number of nitrogens with one attached hydrogen (secondary N) is 1. The molecular formula is C12H20ClN3O4S2. The Morgan fingerprint density at radius 3 is 2.45 bits per heavy atom. The molecule has 3 N–H and O–H groups in total. The first-order valence-electron chi connectivity index (χ1n) is 6.55. The van der Waals surface area contributed by atoms with Crippen LogP contribution in [-0.4, -0.2) is 47.3 Å². The average Bonchev–Trinajstić information content (AvgIpc) is 2.46. The minimum absolute atomic E-state index is 0.